The van der Waals surface area contributed by atoms with E-state index in [-0.39, 0.29) is 6.03 Å². The average Bonchev–Trinajstić information content (AvgIpc) is 2.45. The molecule has 0 unspecified atom stereocenters. The summed E-state index contributed by atoms with van der Waals surface area (Å²) in [4.78, 5) is 10.8. The Labute approximate surface area is 83.5 Å². The fourth-order valence-corrected chi connectivity index (χ4v) is 1.27. The van der Waals surface area contributed by atoms with Crippen molar-refractivity contribution < 1.29 is 4.79 Å². The molecule has 2 N–H and O–H groups in total. The molecule has 0 saturated heterocycles. The van der Waals surface area contributed by atoms with E-state index in [0.717, 1.165) is 11.4 Å². The SMILES string of the molecule is CNC(=O)NCCn1nc(C)cc1C. The quantitative estimate of drug-likeness (QED) is 0.736. The second-order valence-electron chi connectivity index (χ2n) is 3.16. The van der Waals surface area contributed by atoms with E-state index in [1.54, 1.807) is 7.05 Å². The number of nitrogens with one attached hydrogen (secondary N) is 2. The maximum Gasteiger partial charge on any atom is 0.314 e. The van der Waals surface area contributed by atoms with Crippen molar-refractivity contribution in [2.75, 3.05) is 13.6 Å². The van der Waals surface area contributed by atoms with Crippen molar-refractivity contribution in [3.05, 3.63) is 17.5 Å². The van der Waals surface area contributed by atoms with Crippen molar-refractivity contribution in [3.63, 3.8) is 0 Å². The number of carbonyl (C=O) groups is 1. The molecule has 1 heterocycles. The predicted molar refractivity (Wildman–Crippen MR) is 54.2 cm³/mol. The third-order valence-corrected chi connectivity index (χ3v) is 1.94. The lowest BCUT2D eigenvalue weighted by Gasteiger charge is -2.05. The van der Waals surface area contributed by atoms with Crippen molar-refractivity contribution >= 4 is 6.03 Å². The highest BCUT2D eigenvalue weighted by molar-refractivity contribution is 5.73. The monoisotopic (exact) mass is 196 g/mol. The fourth-order valence-electron chi connectivity index (χ4n) is 1.27. The van der Waals surface area contributed by atoms with E-state index in [1.165, 1.54) is 0 Å². The molecule has 1 rings (SSSR count). The van der Waals surface area contributed by atoms with Crippen LogP contribution in [0, 0.1) is 13.8 Å². The number of rotatable bonds is 3. The van der Waals surface area contributed by atoms with Gasteiger partial charge >= 0.3 is 6.03 Å². The summed E-state index contributed by atoms with van der Waals surface area (Å²) in [6.07, 6.45) is 0. The Morgan fingerprint density at radius 1 is 1.57 bits per heavy atom. The van der Waals surface area contributed by atoms with E-state index < -0.39 is 0 Å². The highest BCUT2D eigenvalue weighted by Gasteiger charge is 2.00. The van der Waals surface area contributed by atoms with Crippen molar-refractivity contribution in [2.45, 2.75) is 20.4 Å². The number of hydrogen-bond acceptors (Lipinski definition) is 2. The summed E-state index contributed by atoms with van der Waals surface area (Å²) in [5.41, 5.74) is 2.11. The number of amides is 2. The molecule has 1 aromatic heterocycles. The molecule has 0 aromatic carbocycles. The Kier molecular flexibility index (Phi) is 3.50. The standard InChI is InChI=1S/C9H16N4O/c1-7-6-8(2)13(12-7)5-4-11-9(14)10-3/h6H,4-5H2,1-3H3,(H2,10,11,14). The summed E-state index contributed by atoms with van der Waals surface area (Å²) < 4.78 is 1.88. The minimum absolute atomic E-state index is 0.161. The molecule has 14 heavy (non-hydrogen) atoms. The number of urea groups is 1. The van der Waals surface area contributed by atoms with Gasteiger partial charge in [-0.1, -0.05) is 0 Å². The van der Waals surface area contributed by atoms with Gasteiger partial charge in [-0.2, -0.15) is 5.10 Å². The summed E-state index contributed by atoms with van der Waals surface area (Å²) in [6, 6.07) is 1.85. The molecule has 0 saturated carbocycles. The zero-order valence-electron chi connectivity index (χ0n) is 8.79. The van der Waals surface area contributed by atoms with Crippen LogP contribution in [-0.4, -0.2) is 29.4 Å². The molecule has 5 heteroatoms. The van der Waals surface area contributed by atoms with Crippen LogP contribution in [0.4, 0.5) is 4.79 Å². The molecule has 0 spiro atoms. The second-order valence-corrected chi connectivity index (χ2v) is 3.16. The predicted octanol–water partition coefficient (Wildman–Crippen LogP) is 0.429. The summed E-state index contributed by atoms with van der Waals surface area (Å²) in [6.45, 7) is 5.24. The second kappa shape index (κ2) is 4.64. The summed E-state index contributed by atoms with van der Waals surface area (Å²) in [5.74, 6) is 0. The smallest absolute Gasteiger partial charge is 0.314 e. The summed E-state index contributed by atoms with van der Waals surface area (Å²) >= 11 is 0. The first-order valence-electron chi connectivity index (χ1n) is 4.60. The minimum Gasteiger partial charge on any atom is -0.341 e. The summed E-state index contributed by atoms with van der Waals surface area (Å²) in [7, 11) is 1.60. The van der Waals surface area contributed by atoms with Crippen LogP contribution < -0.4 is 10.6 Å². The van der Waals surface area contributed by atoms with Gasteiger partial charge in [-0.25, -0.2) is 4.79 Å². The lowest BCUT2D eigenvalue weighted by molar-refractivity contribution is 0.242. The van der Waals surface area contributed by atoms with Gasteiger partial charge in [0.1, 0.15) is 0 Å². The van der Waals surface area contributed by atoms with Gasteiger partial charge in [-0.15, -0.1) is 0 Å². The number of carbonyl (C=O) groups excluding carboxylic acids is 1. The number of hydrogen-bond donors (Lipinski definition) is 2. The van der Waals surface area contributed by atoms with Crippen molar-refractivity contribution in [2.24, 2.45) is 0 Å². The van der Waals surface area contributed by atoms with E-state index in [0.29, 0.717) is 13.1 Å². The first-order valence-corrected chi connectivity index (χ1v) is 4.60. The van der Waals surface area contributed by atoms with Gasteiger partial charge in [0.25, 0.3) is 0 Å². The Balaban J connectivity index is 2.38. The van der Waals surface area contributed by atoms with Crippen LogP contribution in [-0.2, 0) is 6.54 Å². The third kappa shape index (κ3) is 2.76. The van der Waals surface area contributed by atoms with Gasteiger partial charge < -0.3 is 10.6 Å². The zero-order valence-corrected chi connectivity index (χ0v) is 8.79. The van der Waals surface area contributed by atoms with E-state index in [4.69, 9.17) is 0 Å². The van der Waals surface area contributed by atoms with Gasteiger partial charge in [0, 0.05) is 19.3 Å². The highest BCUT2D eigenvalue weighted by Crippen LogP contribution is 2.00. The van der Waals surface area contributed by atoms with Crippen LogP contribution in [0.15, 0.2) is 6.07 Å². The van der Waals surface area contributed by atoms with Crippen LogP contribution in [0.1, 0.15) is 11.4 Å². The normalized spacial score (nSPS) is 9.93. The average molecular weight is 196 g/mol. The maximum absolute atomic E-state index is 10.8. The summed E-state index contributed by atoms with van der Waals surface area (Å²) in [5, 5.41) is 9.48. The first-order chi connectivity index (χ1) is 6.63. The van der Waals surface area contributed by atoms with Crippen LogP contribution in [0.25, 0.3) is 0 Å². The molecular formula is C9H16N4O. The largest absolute Gasteiger partial charge is 0.341 e. The molecule has 0 bridgehead atoms. The van der Waals surface area contributed by atoms with Crippen molar-refractivity contribution in [1.29, 1.82) is 0 Å². The van der Waals surface area contributed by atoms with E-state index in [2.05, 4.69) is 15.7 Å². The van der Waals surface area contributed by atoms with Crippen LogP contribution in [0.2, 0.25) is 0 Å². The maximum atomic E-state index is 10.8. The number of aryl methyl sites for hydroxylation is 2. The lowest BCUT2D eigenvalue weighted by atomic mass is 10.4. The molecule has 2 amide bonds. The number of aromatic nitrogens is 2. The minimum atomic E-state index is -0.161. The molecule has 1 aromatic rings. The third-order valence-electron chi connectivity index (χ3n) is 1.94. The Morgan fingerprint density at radius 2 is 2.29 bits per heavy atom. The van der Waals surface area contributed by atoms with E-state index in [1.807, 2.05) is 24.6 Å². The van der Waals surface area contributed by atoms with Gasteiger partial charge in [-0.05, 0) is 19.9 Å². The lowest BCUT2D eigenvalue weighted by Crippen LogP contribution is -2.35. The van der Waals surface area contributed by atoms with Crippen LogP contribution in [0.5, 0.6) is 0 Å². The van der Waals surface area contributed by atoms with Gasteiger partial charge in [-0.3, -0.25) is 4.68 Å². The van der Waals surface area contributed by atoms with Gasteiger partial charge in [0.05, 0.1) is 12.2 Å². The van der Waals surface area contributed by atoms with Crippen molar-refractivity contribution in [1.82, 2.24) is 20.4 Å². The molecule has 0 fully saturated rings. The molecule has 0 aliphatic heterocycles. The van der Waals surface area contributed by atoms with E-state index in [9.17, 15) is 4.79 Å². The molecule has 0 radical (unpaired) electrons. The molecule has 0 aliphatic rings. The Bertz CT molecular complexity index is 319. The topological polar surface area (TPSA) is 59.0 Å². The Hall–Kier alpha value is -1.52. The van der Waals surface area contributed by atoms with E-state index >= 15 is 0 Å². The van der Waals surface area contributed by atoms with Crippen LogP contribution >= 0.6 is 0 Å². The first kappa shape index (κ1) is 10.6. The van der Waals surface area contributed by atoms with Gasteiger partial charge in [0.15, 0.2) is 0 Å². The van der Waals surface area contributed by atoms with Crippen LogP contribution in [0.3, 0.4) is 0 Å². The van der Waals surface area contributed by atoms with Crippen molar-refractivity contribution in [3.8, 4) is 0 Å². The highest BCUT2D eigenvalue weighted by atomic mass is 16.2. The molecule has 5 nitrogen and oxygen atoms in total. The number of nitrogens with zero attached hydrogens (tertiary/aromatic N) is 2. The molecule has 0 atom stereocenters. The van der Waals surface area contributed by atoms with Gasteiger partial charge in [0.2, 0.25) is 0 Å². The Morgan fingerprint density at radius 3 is 2.79 bits per heavy atom. The fraction of sp³-hybridized carbons (Fsp3) is 0.556. The molecule has 78 valence electrons. The zero-order chi connectivity index (χ0) is 10.6. The molecular weight excluding hydrogens is 180 g/mol. The molecule has 0 aliphatic carbocycles.